The summed E-state index contributed by atoms with van der Waals surface area (Å²) < 4.78 is 1.98. The number of non-ortho nitro benzene ring substituents is 1. The van der Waals surface area contributed by atoms with E-state index in [1.54, 1.807) is 6.07 Å². The average Bonchev–Trinajstić information content (AvgIpc) is 2.81. The first kappa shape index (κ1) is 11.5. The number of fused-ring (bicyclic) bond motifs is 1. The molecule has 19 heavy (non-hydrogen) atoms. The summed E-state index contributed by atoms with van der Waals surface area (Å²) in [6, 6.07) is 15.2. The van der Waals surface area contributed by atoms with Crippen LogP contribution in [0, 0.1) is 10.1 Å². The quantitative estimate of drug-likeness (QED) is 0.528. The molecule has 2 aromatic carbocycles. The van der Waals surface area contributed by atoms with E-state index in [0.717, 1.165) is 5.39 Å². The Morgan fingerprint density at radius 1 is 1.00 bits per heavy atom. The van der Waals surface area contributed by atoms with E-state index in [2.05, 4.69) is 0 Å². The van der Waals surface area contributed by atoms with Crippen molar-refractivity contribution in [3.63, 3.8) is 0 Å². The Hall–Kier alpha value is -2.62. The van der Waals surface area contributed by atoms with Gasteiger partial charge in [-0.1, -0.05) is 42.5 Å². The van der Waals surface area contributed by atoms with Gasteiger partial charge in [0, 0.05) is 30.4 Å². The van der Waals surface area contributed by atoms with Gasteiger partial charge in [0.1, 0.15) is 0 Å². The predicted molar refractivity (Wildman–Crippen MR) is 74.1 cm³/mol. The molecule has 0 aliphatic rings. The minimum absolute atomic E-state index is 0.157. The fourth-order valence-electron chi connectivity index (χ4n) is 2.25. The van der Waals surface area contributed by atoms with E-state index in [9.17, 15) is 10.1 Å². The Morgan fingerprint density at radius 3 is 2.53 bits per heavy atom. The summed E-state index contributed by atoms with van der Waals surface area (Å²) in [5.74, 6) is 0. The molecule has 0 aliphatic carbocycles. The smallest absolute Gasteiger partial charge is 0.278 e. The van der Waals surface area contributed by atoms with Crippen LogP contribution < -0.4 is 0 Å². The molecule has 4 nitrogen and oxygen atoms in total. The molecule has 0 amide bonds. The minimum atomic E-state index is -0.338. The lowest BCUT2D eigenvalue weighted by Crippen LogP contribution is -1.95. The van der Waals surface area contributed by atoms with Crippen molar-refractivity contribution in [3.05, 3.63) is 76.6 Å². The standard InChI is InChI=1S/C15H12N2O2/c18-17(19)15-8-4-7-13-10-16(11-14(13)15)9-12-5-2-1-3-6-12/h1-8,10-11H,9H2. The molecular weight excluding hydrogens is 240 g/mol. The molecule has 0 radical (unpaired) electrons. The number of benzene rings is 2. The van der Waals surface area contributed by atoms with Crippen molar-refractivity contribution in [1.29, 1.82) is 0 Å². The largest absolute Gasteiger partial charge is 0.348 e. The van der Waals surface area contributed by atoms with Crippen LogP contribution in [0.5, 0.6) is 0 Å². The third-order valence-electron chi connectivity index (χ3n) is 3.12. The summed E-state index contributed by atoms with van der Waals surface area (Å²) in [4.78, 5) is 10.6. The van der Waals surface area contributed by atoms with Crippen LogP contribution in [0.2, 0.25) is 0 Å². The number of nitrogens with zero attached hydrogens (tertiary/aromatic N) is 2. The molecule has 0 aliphatic heterocycles. The topological polar surface area (TPSA) is 48.1 Å². The van der Waals surface area contributed by atoms with Crippen molar-refractivity contribution in [2.24, 2.45) is 0 Å². The maximum Gasteiger partial charge on any atom is 0.278 e. The average molecular weight is 252 g/mol. The van der Waals surface area contributed by atoms with Gasteiger partial charge in [-0.2, -0.15) is 0 Å². The maximum atomic E-state index is 11.0. The van der Waals surface area contributed by atoms with E-state index >= 15 is 0 Å². The normalized spacial score (nSPS) is 10.7. The van der Waals surface area contributed by atoms with Gasteiger partial charge in [-0.05, 0) is 5.56 Å². The number of aromatic nitrogens is 1. The van der Waals surface area contributed by atoms with Gasteiger partial charge in [-0.3, -0.25) is 10.1 Å². The highest BCUT2D eigenvalue weighted by Crippen LogP contribution is 2.26. The molecule has 94 valence electrons. The zero-order chi connectivity index (χ0) is 13.2. The van der Waals surface area contributed by atoms with Crippen LogP contribution in [-0.2, 0) is 6.54 Å². The van der Waals surface area contributed by atoms with E-state index in [1.807, 2.05) is 53.4 Å². The fourth-order valence-corrected chi connectivity index (χ4v) is 2.25. The Bertz CT molecular complexity index is 732. The van der Waals surface area contributed by atoms with Gasteiger partial charge in [0.25, 0.3) is 5.69 Å². The van der Waals surface area contributed by atoms with E-state index in [0.29, 0.717) is 11.9 Å². The number of nitro benzene ring substituents is 1. The SMILES string of the molecule is O=[N+]([O-])c1cccc2cn(Cc3ccccc3)cc12. The lowest BCUT2D eigenvalue weighted by atomic mass is 10.2. The third-order valence-corrected chi connectivity index (χ3v) is 3.12. The fraction of sp³-hybridized carbons (Fsp3) is 0.0667. The molecule has 0 unspecified atom stereocenters. The summed E-state index contributed by atoms with van der Waals surface area (Å²) in [5.41, 5.74) is 1.33. The number of hydrogen-bond acceptors (Lipinski definition) is 2. The molecule has 0 saturated heterocycles. The molecule has 0 saturated carbocycles. The minimum Gasteiger partial charge on any atom is -0.348 e. The Labute approximate surface area is 110 Å². The second kappa shape index (κ2) is 4.57. The van der Waals surface area contributed by atoms with Crippen molar-refractivity contribution in [3.8, 4) is 0 Å². The molecule has 0 fully saturated rings. The second-order valence-corrected chi connectivity index (χ2v) is 4.45. The van der Waals surface area contributed by atoms with E-state index in [-0.39, 0.29) is 10.6 Å². The van der Waals surface area contributed by atoms with Crippen LogP contribution >= 0.6 is 0 Å². The summed E-state index contributed by atoms with van der Waals surface area (Å²) in [7, 11) is 0. The van der Waals surface area contributed by atoms with Gasteiger partial charge in [0.15, 0.2) is 0 Å². The van der Waals surface area contributed by atoms with Crippen molar-refractivity contribution < 1.29 is 4.92 Å². The summed E-state index contributed by atoms with van der Waals surface area (Å²) >= 11 is 0. The van der Waals surface area contributed by atoms with Gasteiger partial charge in [0.05, 0.1) is 10.3 Å². The third kappa shape index (κ3) is 2.20. The van der Waals surface area contributed by atoms with Crippen molar-refractivity contribution in [1.82, 2.24) is 4.57 Å². The zero-order valence-corrected chi connectivity index (χ0v) is 10.2. The molecule has 0 N–H and O–H groups in total. The van der Waals surface area contributed by atoms with E-state index < -0.39 is 0 Å². The predicted octanol–water partition coefficient (Wildman–Crippen LogP) is 3.60. The molecule has 1 aromatic heterocycles. The molecule has 1 heterocycles. The highest BCUT2D eigenvalue weighted by Gasteiger charge is 2.12. The van der Waals surface area contributed by atoms with Crippen LogP contribution in [0.25, 0.3) is 10.8 Å². The maximum absolute atomic E-state index is 11.0. The number of rotatable bonds is 3. The summed E-state index contributed by atoms with van der Waals surface area (Å²) in [5, 5.41) is 12.6. The zero-order valence-electron chi connectivity index (χ0n) is 10.2. The van der Waals surface area contributed by atoms with Gasteiger partial charge < -0.3 is 4.57 Å². The molecule has 3 rings (SSSR count). The van der Waals surface area contributed by atoms with Crippen molar-refractivity contribution in [2.75, 3.05) is 0 Å². The molecule has 0 bridgehead atoms. The monoisotopic (exact) mass is 252 g/mol. The van der Waals surface area contributed by atoms with Crippen LogP contribution in [0.3, 0.4) is 0 Å². The molecular formula is C15H12N2O2. The van der Waals surface area contributed by atoms with Gasteiger partial charge >= 0.3 is 0 Å². The van der Waals surface area contributed by atoms with Gasteiger partial charge in [-0.25, -0.2) is 0 Å². The number of nitro groups is 1. The van der Waals surface area contributed by atoms with Crippen LogP contribution in [0.15, 0.2) is 60.9 Å². The molecule has 4 heteroatoms. The molecule has 0 spiro atoms. The molecule has 0 atom stereocenters. The molecule has 3 aromatic rings. The Kier molecular flexibility index (Phi) is 2.76. The lowest BCUT2D eigenvalue weighted by Gasteiger charge is -2.01. The van der Waals surface area contributed by atoms with Crippen molar-refractivity contribution >= 4 is 16.5 Å². The van der Waals surface area contributed by atoms with Crippen molar-refractivity contribution in [2.45, 2.75) is 6.54 Å². The first-order valence-electron chi connectivity index (χ1n) is 6.01. The van der Waals surface area contributed by atoms with E-state index in [1.165, 1.54) is 11.6 Å². The summed E-state index contributed by atoms with van der Waals surface area (Å²) in [6.45, 7) is 0.715. The highest BCUT2D eigenvalue weighted by atomic mass is 16.6. The Balaban J connectivity index is 2.03. The first-order valence-corrected chi connectivity index (χ1v) is 6.01. The highest BCUT2D eigenvalue weighted by molar-refractivity contribution is 5.90. The lowest BCUT2D eigenvalue weighted by molar-refractivity contribution is -0.383. The van der Waals surface area contributed by atoms with Crippen LogP contribution in [0.1, 0.15) is 5.56 Å². The van der Waals surface area contributed by atoms with Gasteiger partial charge in [-0.15, -0.1) is 0 Å². The van der Waals surface area contributed by atoms with E-state index in [4.69, 9.17) is 0 Å². The number of hydrogen-bond donors (Lipinski definition) is 0. The van der Waals surface area contributed by atoms with Crippen LogP contribution in [0.4, 0.5) is 5.69 Å². The van der Waals surface area contributed by atoms with Crippen LogP contribution in [-0.4, -0.2) is 9.49 Å². The first-order chi connectivity index (χ1) is 9.24. The Morgan fingerprint density at radius 2 is 1.79 bits per heavy atom. The van der Waals surface area contributed by atoms with Gasteiger partial charge in [0.2, 0.25) is 0 Å². The second-order valence-electron chi connectivity index (χ2n) is 4.45. The summed E-state index contributed by atoms with van der Waals surface area (Å²) in [6.07, 6.45) is 3.77.